The van der Waals surface area contributed by atoms with Gasteiger partial charge in [-0.15, -0.1) is 0 Å². The molecule has 0 heterocycles. The Balaban J connectivity index is 3.17. The third-order valence-corrected chi connectivity index (χ3v) is 1.69. The van der Waals surface area contributed by atoms with E-state index in [0.717, 1.165) is 6.07 Å². The van der Waals surface area contributed by atoms with Crippen molar-refractivity contribution in [2.24, 2.45) is 0 Å². The first kappa shape index (κ1) is 10.5. The fourth-order valence-electron chi connectivity index (χ4n) is 1.03. The van der Waals surface area contributed by atoms with Gasteiger partial charge < -0.3 is 5.11 Å². The average Bonchev–Trinajstić information content (AvgIpc) is 2.10. The van der Waals surface area contributed by atoms with Crippen molar-refractivity contribution in [3.63, 3.8) is 0 Å². The highest BCUT2D eigenvalue weighted by Gasteiger charge is 2.17. The zero-order valence-corrected chi connectivity index (χ0v) is 7.04. The normalized spacial score (nSPS) is 10.2. The number of hydrogen-bond acceptors (Lipinski definition) is 3. The van der Waals surface area contributed by atoms with Gasteiger partial charge in [-0.1, -0.05) is 0 Å². The summed E-state index contributed by atoms with van der Waals surface area (Å²) in [4.78, 5) is 9.19. The molecule has 0 aliphatic heterocycles. The molecule has 0 aliphatic carbocycles. The predicted octanol–water partition coefficient (Wildman–Crippen LogP) is 1.41. The molecular formula is C8H7F2NO3. The molecule has 6 heteroatoms. The summed E-state index contributed by atoms with van der Waals surface area (Å²) in [6.07, 6.45) is -0.0687. The average molecular weight is 203 g/mol. The highest BCUT2D eigenvalue weighted by Crippen LogP contribution is 2.21. The number of benzene rings is 1. The maximum Gasteiger partial charge on any atom is 0.307 e. The van der Waals surface area contributed by atoms with Crippen molar-refractivity contribution in [3.05, 3.63) is 39.4 Å². The lowest BCUT2D eigenvalue weighted by atomic mass is 10.1. The Kier molecular flexibility index (Phi) is 3.08. The number of nitro groups is 1. The lowest BCUT2D eigenvalue weighted by Crippen LogP contribution is -2.00. The molecule has 1 aromatic rings. The van der Waals surface area contributed by atoms with Crippen molar-refractivity contribution >= 4 is 5.69 Å². The Morgan fingerprint density at radius 3 is 2.50 bits per heavy atom. The van der Waals surface area contributed by atoms with Gasteiger partial charge in [-0.2, -0.15) is 4.39 Å². The molecule has 4 nitrogen and oxygen atoms in total. The van der Waals surface area contributed by atoms with Crippen molar-refractivity contribution in [1.29, 1.82) is 0 Å². The number of halogens is 2. The number of aliphatic hydroxyl groups is 1. The second-order valence-corrected chi connectivity index (χ2v) is 2.63. The topological polar surface area (TPSA) is 63.4 Å². The van der Waals surface area contributed by atoms with Crippen LogP contribution < -0.4 is 0 Å². The second-order valence-electron chi connectivity index (χ2n) is 2.63. The fraction of sp³-hybridized carbons (Fsp3) is 0.250. The minimum atomic E-state index is -1.10. The molecule has 1 rings (SSSR count). The summed E-state index contributed by atoms with van der Waals surface area (Å²) in [5.41, 5.74) is -0.972. The fourth-order valence-corrected chi connectivity index (χ4v) is 1.03. The third-order valence-electron chi connectivity index (χ3n) is 1.69. The first-order chi connectivity index (χ1) is 6.56. The monoisotopic (exact) mass is 203 g/mol. The predicted molar refractivity (Wildman–Crippen MR) is 43.8 cm³/mol. The largest absolute Gasteiger partial charge is 0.396 e. The van der Waals surface area contributed by atoms with Gasteiger partial charge in [0.2, 0.25) is 5.82 Å². The van der Waals surface area contributed by atoms with Crippen LogP contribution in [0.15, 0.2) is 12.1 Å². The highest BCUT2D eigenvalue weighted by atomic mass is 19.1. The first-order valence-electron chi connectivity index (χ1n) is 3.79. The van der Waals surface area contributed by atoms with Crippen LogP contribution in [0.1, 0.15) is 5.56 Å². The van der Waals surface area contributed by atoms with Gasteiger partial charge in [0.15, 0.2) is 0 Å². The molecule has 0 atom stereocenters. The molecule has 0 fully saturated rings. The number of aliphatic hydroxyl groups excluding tert-OH is 1. The Morgan fingerprint density at radius 2 is 2.00 bits per heavy atom. The summed E-state index contributed by atoms with van der Waals surface area (Å²) in [7, 11) is 0. The summed E-state index contributed by atoms with van der Waals surface area (Å²) in [6.45, 7) is -0.339. The number of rotatable bonds is 3. The Morgan fingerprint density at radius 1 is 1.36 bits per heavy atom. The van der Waals surface area contributed by atoms with Crippen molar-refractivity contribution in [3.8, 4) is 0 Å². The van der Waals surface area contributed by atoms with E-state index in [4.69, 9.17) is 5.11 Å². The van der Waals surface area contributed by atoms with Crippen molar-refractivity contribution in [2.45, 2.75) is 6.42 Å². The van der Waals surface area contributed by atoms with E-state index in [9.17, 15) is 18.9 Å². The van der Waals surface area contributed by atoms with E-state index in [1.165, 1.54) is 0 Å². The Hall–Kier alpha value is -1.56. The zero-order chi connectivity index (χ0) is 10.7. The maximum atomic E-state index is 13.0. The molecule has 1 aromatic carbocycles. The van der Waals surface area contributed by atoms with Gasteiger partial charge in [-0.05, 0) is 18.1 Å². The Labute approximate surface area is 77.9 Å². The smallest absolute Gasteiger partial charge is 0.307 e. The minimum absolute atomic E-state index is 0.0687. The zero-order valence-electron chi connectivity index (χ0n) is 7.04. The first-order valence-corrected chi connectivity index (χ1v) is 3.79. The highest BCUT2D eigenvalue weighted by molar-refractivity contribution is 5.36. The molecule has 0 saturated heterocycles. The van der Waals surface area contributed by atoms with Crippen LogP contribution in [-0.2, 0) is 6.42 Å². The van der Waals surface area contributed by atoms with Gasteiger partial charge in [0.1, 0.15) is 5.82 Å². The van der Waals surface area contributed by atoms with Gasteiger partial charge in [-0.25, -0.2) is 4.39 Å². The van der Waals surface area contributed by atoms with Crippen LogP contribution in [0, 0.1) is 21.7 Å². The van der Waals surface area contributed by atoms with Crippen LogP contribution >= 0.6 is 0 Å². The molecule has 0 aromatic heterocycles. The number of nitro benzene ring substituents is 1. The van der Waals surface area contributed by atoms with Crippen LogP contribution in [0.2, 0.25) is 0 Å². The molecule has 0 spiro atoms. The standard InChI is InChI=1S/C8H7F2NO3/c9-6-4-8(11(13)14)7(10)3-5(6)1-2-12/h3-4,12H,1-2H2. The van der Waals surface area contributed by atoms with E-state index < -0.39 is 22.2 Å². The molecule has 0 amide bonds. The van der Waals surface area contributed by atoms with E-state index in [0.29, 0.717) is 6.07 Å². The summed E-state index contributed by atoms with van der Waals surface area (Å²) in [5, 5.41) is 18.7. The van der Waals surface area contributed by atoms with Crippen molar-refractivity contribution < 1.29 is 18.8 Å². The van der Waals surface area contributed by atoms with Gasteiger partial charge in [0.05, 0.1) is 11.0 Å². The molecule has 1 N–H and O–H groups in total. The number of nitrogens with zero attached hydrogens (tertiary/aromatic N) is 1. The van der Waals surface area contributed by atoms with Gasteiger partial charge in [0, 0.05) is 6.61 Å². The summed E-state index contributed by atoms with van der Waals surface area (Å²) >= 11 is 0. The maximum absolute atomic E-state index is 13.0. The second kappa shape index (κ2) is 4.10. The van der Waals surface area contributed by atoms with E-state index >= 15 is 0 Å². The van der Waals surface area contributed by atoms with E-state index in [2.05, 4.69) is 0 Å². The van der Waals surface area contributed by atoms with Crippen LogP contribution in [0.3, 0.4) is 0 Å². The van der Waals surface area contributed by atoms with Crippen LogP contribution in [0.25, 0.3) is 0 Å². The Bertz CT molecular complexity index is 368. The minimum Gasteiger partial charge on any atom is -0.396 e. The van der Waals surface area contributed by atoms with Crippen LogP contribution in [0.5, 0.6) is 0 Å². The van der Waals surface area contributed by atoms with Gasteiger partial charge in [0.25, 0.3) is 0 Å². The molecule has 0 radical (unpaired) electrons. The van der Waals surface area contributed by atoms with Crippen LogP contribution in [-0.4, -0.2) is 16.6 Å². The van der Waals surface area contributed by atoms with E-state index in [1.807, 2.05) is 0 Å². The summed E-state index contributed by atoms with van der Waals surface area (Å²) in [5.74, 6) is -1.98. The molecule has 14 heavy (non-hydrogen) atoms. The number of hydrogen-bond donors (Lipinski definition) is 1. The van der Waals surface area contributed by atoms with E-state index in [1.54, 1.807) is 0 Å². The van der Waals surface area contributed by atoms with Gasteiger partial charge in [-0.3, -0.25) is 10.1 Å². The van der Waals surface area contributed by atoms with E-state index in [-0.39, 0.29) is 18.6 Å². The lowest BCUT2D eigenvalue weighted by molar-refractivity contribution is -0.387. The molecule has 0 unspecified atom stereocenters. The SMILES string of the molecule is O=[N+]([O-])c1cc(F)c(CCO)cc1F. The quantitative estimate of drug-likeness (QED) is 0.596. The molecule has 0 bridgehead atoms. The molecule has 76 valence electrons. The summed E-state index contributed by atoms with van der Waals surface area (Å²) < 4.78 is 25.9. The molecule has 0 saturated carbocycles. The van der Waals surface area contributed by atoms with Crippen LogP contribution in [0.4, 0.5) is 14.5 Å². The molecule has 0 aliphatic rings. The third kappa shape index (κ3) is 2.02. The van der Waals surface area contributed by atoms with Crippen molar-refractivity contribution in [1.82, 2.24) is 0 Å². The molecular weight excluding hydrogens is 196 g/mol. The summed E-state index contributed by atoms with van der Waals surface area (Å²) in [6, 6.07) is 1.24. The lowest BCUT2D eigenvalue weighted by Gasteiger charge is -2.01. The van der Waals surface area contributed by atoms with Crippen molar-refractivity contribution in [2.75, 3.05) is 6.61 Å². The van der Waals surface area contributed by atoms with Gasteiger partial charge >= 0.3 is 5.69 Å².